The second kappa shape index (κ2) is 10.2. The lowest BCUT2D eigenvalue weighted by Gasteiger charge is -2.36. The van der Waals surface area contributed by atoms with Crippen molar-refractivity contribution in [2.24, 2.45) is 5.92 Å². The number of para-hydroxylation sites is 1. The van der Waals surface area contributed by atoms with Gasteiger partial charge in [0.05, 0.1) is 23.6 Å². The Kier molecular flexibility index (Phi) is 7.06. The molecule has 1 fully saturated rings. The van der Waals surface area contributed by atoms with Crippen molar-refractivity contribution in [3.05, 3.63) is 71.4 Å². The minimum Gasteiger partial charge on any atom is -0.489 e. The first-order valence-electron chi connectivity index (χ1n) is 11.0. The molecule has 3 aromatic rings. The topological polar surface area (TPSA) is 141 Å². The molecule has 1 aliphatic rings. The van der Waals surface area contributed by atoms with E-state index in [-0.39, 0.29) is 12.8 Å². The van der Waals surface area contributed by atoms with Gasteiger partial charge in [-0.1, -0.05) is 18.2 Å². The molecule has 0 bridgehead atoms. The number of carbonyl (C=O) groups excluding carboxylic acids is 2. The van der Waals surface area contributed by atoms with Crippen LogP contribution in [-0.4, -0.2) is 50.5 Å². The third kappa shape index (κ3) is 5.17. The van der Waals surface area contributed by atoms with Crippen LogP contribution in [0.4, 0.5) is 0 Å². The fourth-order valence-electron chi connectivity index (χ4n) is 4.32. The molecule has 178 valence electrons. The lowest BCUT2D eigenvalue weighted by Crippen LogP contribution is -2.54. The third-order valence-corrected chi connectivity index (χ3v) is 6.12. The maximum absolute atomic E-state index is 12.7. The van der Waals surface area contributed by atoms with Crippen molar-refractivity contribution in [2.45, 2.75) is 44.6 Å². The van der Waals surface area contributed by atoms with Gasteiger partial charge in [0.1, 0.15) is 12.4 Å². The number of pyridine rings is 1. The van der Waals surface area contributed by atoms with Crippen LogP contribution in [0.15, 0.2) is 54.6 Å². The number of aryl methyl sites for hydroxylation is 1. The van der Waals surface area contributed by atoms with E-state index < -0.39 is 36.0 Å². The van der Waals surface area contributed by atoms with E-state index in [9.17, 15) is 19.8 Å². The zero-order chi connectivity index (χ0) is 24.2. The van der Waals surface area contributed by atoms with Crippen molar-refractivity contribution in [1.82, 2.24) is 15.8 Å². The maximum atomic E-state index is 12.7. The number of ether oxygens (including phenoxy) is 1. The van der Waals surface area contributed by atoms with Crippen LogP contribution in [0.3, 0.4) is 0 Å². The summed E-state index contributed by atoms with van der Waals surface area (Å²) in [5.74, 6) is -1.44. The van der Waals surface area contributed by atoms with Crippen LogP contribution in [0.5, 0.6) is 5.75 Å². The molecule has 0 radical (unpaired) electrons. The summed E-state index contributed by atoms with van der Waals surface area (Å²) in [7, 11) is 0. The highest BCUT2D eigenvalue weighted by Gasteiger charge is 2.40. The van der Waals surface area contributed by atoms with Gasteiger partial charge in [0, 0.05) is 28.2 Å². The number of hydroxylamine groups is 1. The molecule has 9 heteroatoms. The molecule has 1 heterocycles. The molecule has 2 unspecified atom stereocenters. The van der Waals surface area contributed by atoms with Crippen LogP contribution in [0.2, 0.25) is 0 Å². The van der Waals surface area contributed by atoms with Crippen LogP contribution in [-0.2, 0) is 11.4 Å². The Bertz CT molecular complexity index is 1180. The van der Waals surface area contributed by atoms with Gasteiger partial charge in [0.25, 0.3) is 5.91 Å². The summed E-state index contributed by atoms with van der Waals surface area (Å²) in [4.78, 5) is 29.2. The largest absolute Gasteiger partial charge is 0.489 e. The van der Waals surface area contributed by atoms with Crippen molar-refractivity contribution in [1.29, 1.82) is 0 Å². The molecule has 2 aromatic carbocycles. The van der Waals surface area contributed by atoms with E-state index in [0.717, 1.165) is 22.2 Å². The fraction of sp³-hybridized carbons (Fsp3) is 0.320. The molecule has 0 spiro atoms. The lowest BCUT2D eigenvalue weighted by molar-refractivity contribution is -0.139. The first-order chi connectivity index (χ1) is 16.4. The second-order valence-corrected chi connectivity index (χ2v) is 8.52. The molecule has 1 aromatic heterocycles. The summed E-state index contributed by atoms with van der Waals surface area (Å²) in [5, 5.41) is 32.5. The van der Waals surface area contributed by atoms with Gasteiger partial charge in [-0.15, -0.1) is 0 Å². The smallest absolute Gasteiger partial charge is 0.251 e. The maximum Gasteiger partial charge on any atom is 0.251 e. The molecule has 2 amide bonds. The molecule has 1 aliphatic carbocycles. The predicted molar refractivity (Wildman–Crippen MR) is 123 cm³/mol. The van der Waals surface area contributed by atoms with Crippen molar-refractivity contribution in [2.75, 3.05) is 0 Å². The van der Waals surface area contributed by atoms with Crippen molar-refractivity contribution in [3.8, 4) is 5.75 Å². The Labute approximate surface area is 196 Å². The van der Waals surface area contributed by atoms with Crippen LogP contribution in [0.25, 0.3) is 10.9 Å². The summed E-state index contributed by atoms with van der Waals surface area (Å²) < 4.78 is 5.93. The summed E-state index contributed by atoms with van der Waals surface area (Å²) in [6, 6.07) is 15.7. The number of aliphatic hydroxyl groups excluding tert-OH is 2. The van der Waals surface area contributed by atoms with Gasteiger partial charge >= 0.3 is 0 Å². The van der Waals surface area contributed by atoms with Gasteiger partial charge in [0.15, 0.2) is 0 Å². The summed E-state index contributed by atoms with van der Waals surface area (Å²) in [6.45, 7) is 2.28. The lowest BCUT2D eigenvalue weighted by atomic mass is 9.80. The molecule has 4 rings (SSSR count). The Hall–Kier alpha value is -3.53. The van der Waals surface area contributed by atoms with E-state index in [4.69, 9.17) is 9.94 Å². The predicted octanol–water partition coefficient (Wildman–Crippen LogP) is 1.86. The minimum absolute atomic E-state index is 0.00844. The van der Waals surface area contributed by atoms with Gasteiger partial charge in [-0.3, -0.25) is 19.8 Å². The third-order valence-electron chi connectivity index (χ3n) is 6.12. The van der Waals surface area contributed by atoms with Crippen molar-refractivity contribution >= 4 is 22.7 Å². The molecule has 34 heavy (non-hydrogen) atoms. The first kappa shape index (κ1) is 23.6. The number of hydrogen-bond donors (Lipinski definition) is 5. The Balaban J connectivity index is 1.41. The first-order valence-corrected chi connectivity index (χ1v) is 11.0. The fourth-order valence-corrected chi connectivity index (χ4v) is 4.32. The Morgan fingerprint density at radius 2 is 1.76 bits per heavy atom. The van der Waals surface area contributed by atoms with Gasteiger partial charge < -0.3 is 20.3 Å². The van der Waals surface area contributed by atoms with E-state index in [2.05, 4.69) is 10.3 Å². The van der Waals surface area contributed by atoms with Gasteiger partial charge in [-0.25, -0.2) is 5.48 Å². The number of aliphatic hydroxyl groups is 2. The van der Waals surface area contributed by atoms with Crippen LogP contribution in [0.1, 0.15) is 34.5 Å². The number of carbonyl (C=O) groups is 2. The number of aromatic nitrogens is 1. The average molecular weight is 466 g/mol. The van der Waals surface area contributed by atoms with Gasteiger partial charge in [0.2, 0.25) is 5.91 Å². The molecular formula is C25H27N3O6. The number of amides is 2. The zero-order valence-electron chi connectivity index (χ0n) is 18.6. The monoisotopic (exact) mass is 465 g/mol. The highest BCUT2D eigenvalue weighted by Crippen LogP contribution is 2.26. The van der Waals surface area contributed by atoms with Crippen LogP contribution < -0.4 is 15.5 Å². The standard InChI is InChI=1S/C25H27N3O6/c1-14-10-16(18-4-2-3-5-20(18)26-14)13-34-17-8-6-15(7-9-17)24(31)27-21-12-23(30)22(29)11-19(21)25(32)28-33/h2-10,19,21-23,29-30,33H,11-13H2,1H3,(H,27,31)(H,28,32)/t19-,21+,22?,23?/m0/s1. The normalized spacial score (nSPS) is 22.2. The van der Waals surface area contributed by atoms with E-state index in [1.807, 2.05) is 37.3 Å². The highest BCUT2D eigenvalue weighted by molar-refractivity contribution is 5.95. The molecule has 4 atom stereocenters. The number of nitrogens with one attached hydrogen (secondary N) is 2. The Morgan fingerprint density at radius 3 is 2.50 bits per heavy atom. The molecule has 5 N–H and O–H groups in total. The summed E-state index contributed by atoms with van der Waals surface area (Å²) in [6.07, 6.45) is -2.26. The number of hydrogen-bond acceptors (Lipinski definition) is 7. The summed E-state index contributed by atoms with van der Waals surface area (Å²) >= 11 is 0. The number of fused-ring (bicyclic) bond motifs is 1. The van der Waals surface area contributed by atoms with Crippen LogP contribution in [0, 0.1) is 12.8 Å². The average Bonchev–Trinajstić information content (AvgIpc) is 2.84. The number of benzene rings is 2. The quantitative estimate of drug-likeness (QED) is 0.276. The van der Waals surface area contributed by atoms with Gasteiger partial charge in [-0.05, 0) is 56.2 Å². The van der Waals surface area contributed by atoms with Crippen molar-refractivity contribution < 1.29 is 29.7 Å². The van der Waals surface area contributed by atoms with E-state index in [0.29, 0.717) is 17.9 Å². The van der Waals surface area contributed by atoms with Crippen molar-refractivity contribution in [3.63, 3.8) is 0 Å². The highest BCUT2D eigenvalue weighted by atomic mass is 16.5. The van der Waals surface area contributed by atoms with E-state index >= 15 is 0 Å². The van der Waals surface area contributed by atoms with E-state index in [1.165, 1.54) is 0 Å². The molecule has 9 nitrogen and oxygen atoms in total. The molecular weight excluding hydrogens is 438 g/mol. The Morgan fingerprint density at radius 1 is 1.06 bits per heavy atom. The molecule has 1 saturated carbocycles. The SMILES string of the molecule is Cc1cc(COc2ccc(C(=O)N[C@@H]3CC(O)C(O)C[C@@H]3C(=O)NO)cc2)c2ccccc2n1. The molecule has 0 saturated heterocycles. The number of nitrogens with zero attached hydrogens (tertiary/aromatic N) is 1. The zero-order valence-corrected chi connectivity index (χ0v) is 18.6. The second-order valence-electron chi connectivity index (χ2n) is 8.52. The van der Waals surface area contributed by atoms with E-state index in [1.54, 1.807) is 29.7 Å². The van der Waals surface area contributed by atoms with Gasteiger partial charge in [-0.2, -0.15) is 0 Å². The number of rotatable bonds is 6. The molecule has 0 aliphatic heterocycles. The summed E-state index contributed by atoms with van der Waals surface area (Å²) in [5.41, 5.74) is 4.72. The van der Waals surface area contributed by atoms with Crippen LogP contribution >= 0.6 is 0 Å². The minimum atomic E-state index is -1.10.